The van der Waals surface area contributed by atoms with Gasteiger partial charge in [-0.15, -0.1) is 11.7 Å². The van der Waals surface area contributed by atoms with Crippen LogP contribution < -0.4 is 0 Å². The van der Waals surface area contributed by atoms with E-state index >= 15 is 0 Å². The first-order chi connectivity index (χ1) is 22.3. The minimum atomic E-state index is -4.93. The summed E-state index contributed by atoms with van der Waals surface area (Å²) in [4.78, 5) is 7.97. The highest BCUT2D eigenvalue weighted by molar-refractivity contribution is 9.10. The summed E-state index contributed by atoms with van der Waals surface area (Å²) in [5, 5.41) is 10.4. The molecule has 1 N–H and O–H groups in total. The Hall–Kier alpha value is -1.81. The van der Waals surface area contributed by atoms with Crippen LogP contribution in [-0.2, 0) is 22.7 Å². The topological polar surface area (TPSA) is 67.7 Å². The van der Waals surface area contributed by atoms with Crippen LogP contribution in [0.15, 0.2) is 94.1 Å². The van der Waals surface area contributed by atoms with E-state index in [1.165, 1.54) is 13.8 Å². The van der Waals surface area contributed by atoms with Crippen molar-refractivity contribution in [3.8, 4) is 0 Å². The van der Waals surface area contributed by atoms with Crippen LogP contribution in [0.25, 0.3) is 0 Å². The highest BCUT2D eigenvalue weighted by atomic mass is 79.9. The van der Waals surface area contributed by atoms with Crippen molar-refractivity contribution in [3.63, 3.8) is 0 Å². The lowest BCUT2D eigenvalue weighted by molar-refractivity contribution is 0.0276. The second-order valence-corrected chi connectivity index (χ2v) is 13.1. The fourth-order valence-corrected chi connectivity index (χ4v) is 5.70. The van der Waals surface area contributed by atoms with Crippen molar-refractivity contribution in [2.24, 2.45) is 0 Å². The number of alkyl halides is 1. The summed E-state index contributed by atoms with van der Waals surface area (Å²) in [6.45, 7) is 4.11. The van der Waals surface area contributed by atoms with E-state index in [2.05, 4.69) is 41.8 Å². The molecule has 0 radical (unpaired) electrons. The highest BCUT2D eigenvalue weighted by Crippen LogP contribution is 2.56. The standard InChI is InChI=1S/C14H12BrClFNO.C14H13BrClNO2.C4H10F3NS/c15-13-7-6-11(14(16)18-13)12(17)9-19-8-10-4-2-1-3-5-10;15-13-7-6-11(14(16)17-13)12(18)9-19-8-10-4-2-1-3-5-10;1-3-8(4-2)9(5,6)7/h1-7,12H,8-9H2;1-7,12,18H,8-9H2;3-4H2,1-2H3. The fraction of sp³-hybridized carbons (Fsp3) is 0.312. The Labute approximate surface area is 302 Å². The van der Waals surface area contributed by atoms with Crippen LogP contribution >= 0.6 is 66.4 Å². The lowest BCUT2D eigenvalue weighted by Gasteiger charge is -2.23. The highest BCUT2D eigenvalue weighted by Gasteiger charge is 2.27. The molecule has 258 valence electrons. The Bertz CT molecular complexity index is 1370. The van der Waals surface area contributed by atoms with Gasteiger partial charge in [-0.3, -0.25) is 0 Å². The Morgan fingerprint density at radius 1 is 0.723 bits per heavy atom. The van der Waals surface area contributed by atoms with Crippen molar-refractivity contribution >= 4 is 66.4 Å². The van der Waals surface area contributed by atoms with Crippen molar-refractivity contribution in [2.45, 2.75) is 39.3 Å². The number of halogens is 8. The molecule has 0 amide bonds. The molecule has 2 aromatic carbocycles. The van der Waals surface area contributed by atoms with Crippen LogP contribution in [-0.4, -0.2) is 45.7 Å². The van der Waals surface area contributed by atoms with Crippen molar-refractivity contribution in [1.82, 2.24) is 14.3 Å². The summed E-state index contributed by atoms with van der Waals surface area (Å²) in [7, 11) is 0. The Kier molecular flexibility index (Phi) is 19.4. The number of ether oxygens (including phenoxy) is 2. The molecule has 0 aliphatic carbocycles. The average molecular weight is 848 g/mol. The number of aliphatic hydroxyl groups excluding tert-OH is 1. The molecule has 4 aromatic rings. The van der Waals surface area contributed by atoms with E-state index in [4.69, 9.17) is 32.7 Å². The van der Waals surface area contributed by atoms with Gasteiger partial charge in [0.2, 0.25) is 0 Å². The van der Waals surface area contributed by atoms with E-state index in [9.17, 15) is 21.2 Å². The number of aromatic nitrogens is 2. The van der Waals surface area contributed by atoms with E-state index in [1.54, 1.807) is 24.3 Å². The molecule has 2 heterocycles. The van der Waals surface area contributed by atoms with E-state index in [0.717, 1.165) is 11.1 Å². The van der Waals surface area contributed by atoms with Crippen molar-refractivity contribution < 1.29 is 30.6 Å². The molecular weight excluding hydrogens is 813 g/mol. The second-order valence-electron chi connectivity index (χ2n) is 9.51. The van der Waals surface area contributed by atoms with Gasteiger partial charge >= 0.3 is 0 Å². The lowest BCUT2D eigenvalue weighted by Crippen LogP contribution is -2.19. The van der Waals surface area contributed by atoms with Gasteiger partial charge in [-0.1, -0.05) is 110 Å². The van der Waals surface area contributed by atoms with Gasteiger partial charge in [0.15, 0.2) is 6.17 Å². The smallest absolute Gasteiger partial charge is 0.278 e. The summed E-state index contributed by atoms with van der Waals surface area (Å²) < 4.78 is 61.7. The largest absolute Gasteiger partial charge is 0.386 e. The Morgan fingerprint density at radius 3 is 1.53 bits per heavy atom. The fourth-order valence-electron chi connectivity index (χ4n) is 3.74. The van der Waals surface area contributed by atoms with Gasteiger partial charge in [0.1, 0.15) is 25.6 Å². The molecule has 0 saturated heterocycles. The van der Waals surface area contributed by atoms with Crippen LogP contribution in [0.5, 0.6) is 0 Å². The molecule has 2 atom stereocenters. The molecule has 4 rings (SSSR count). The maximum Gasteiger partial charge on any atom is 0.278 e. The van der Waals surface area contributed by atoms with Crippen LogP contribution in [0.2, 0.25) is 10.3 Å². The first kappa shape index (κ1) is 41.4. The van der Waals surface area contributed by atoms with Gasteiger partial charge in [0.05, 0.1) is 26.4 Å². The summed E-state index contributed by atoms with van der Waals surface area (Å²) in [5.74, 6) is 0. The number of nitrogens with zero attached hydrogens (tertiary/aromatic N) is 3. The van der Waals surface area contributed by atoms with Crippen molar-refractivity contribution in [3.05, 3.63) is 127 Å². The van der Waals surface area contributed by atoms with Gasteiger partial charge in [-0.25, -0.2) is 14.4 Å². The number of pyridine rings is 2. The zero-order valence-electron chi connectivity index (χ0n) is 25.5. The van der Waals surface area contributed by atoms with Crippen LogP contribution in [0.4, 0.5) is 16.0 Å². The monoisotopic (exact) mass is 845 g/mol. The molecule has 0 bridgehead atoms. The maximum absolute atomic E-state index is 14.0. The van der Waals surface area contributed by atoms with Gasteiger partial charge < -0.3 is 14.6 Å². The molecule has 0 fully saturated rings. The molecule has 0 aliphatic heterocycles. The number of hydrogen-bond donors (Lipinski definition) is 1. The third-order valence-corrected chi connectivity index (χ3v) is 8.74. The summed E-state index contributed by atoms with van der Waals surface area (Å²) >= 11 is 13.3. The van der Waals surface area contributed by atoms with E-state index in [1.807, 2.05) is 60.7 Å². The average Bonchev–Trinajstić information content (AvgIpc) is 3.02. The quantitative estimate of drug-likeness (QED) is 0.107. The van der Waals surface area contributed by atoms with E-state index < -0.39 is 23.6 Å². The molecular formula is C32H35Br2Cl2F4N3O3S. The minimum absolute atomic E-state index is 0.0437. The summed E-state index contributed by atoms with van der Waals surface area (Å²) in [6, 6.07) is 26.2. The molecule has 2 aromatic heterocycles. The van der Waals surface area contributed by atoms with Crippen molar-refractivity contribution in [2.75, 3.05) is 26.3 Å². The predicted molar refractivity (Wildman–Crippen MR) is 189 cm³/mol. The van der Waals surface area contributed by atoms with E-state index in [0.29, 0.717) is 37.9 Å². The third kappa shape index (κ3) is 16.0. The first-order valence-electron chi connectivity index (χ1n) is 14.2. The lowest BCUT2D eigenvalue weighted by atomic mass is 10.2. The Morgan fingerprint density at radius 2 is 1.15 bits per heavy atom. The van der Waals surface area contributed by atoms with E-state index in [-0.39, 0.29) is 36.6 Å². The maximum atomic E-state index is 14.0. The zero-order valence-corrected chi connectivity index (χ0v) is 31.0. The number of hydrogen-bond acceptors (Lipinski definition) is 6. The van der Waals surface area contributed by atoms with Crippen molar-refractivity contribution in [1.29, 1.82) is 0 Å². The second kappa shape index (κ2) is 22.0. The van der Waals surface area contributed by atoms with Gasteiger partial charge in [-0.2, -0.15) is 4.31 Å². The summed E-state index contributed by atoms with van der Waals surface area (Å²) in [6.07, 6.45) is -2.06. The summed E-state index contributed by atoms with van der Waals surface area (Å²) in [5.41, 5.74) is 2.99. The first-order valence-corrected chi connectivity index (χ1v) is 17.9. The molecule has 47 heavy (non-hydrogen) atoms. The van der Waals surface area contributed by atoms with Gasteiger partial charge in [0, 0.05) is 24.2 Å². The van der Waals surface area contributed by atoms with Crippen LogP contribution in [0, 0.1) is 0 Å². The minimum Gasteiger partial charge on any atom is -0.386 e. The molecule has 2 unspecified atom stereocenters. The predicted octanol–water partition coefficient (Wildman–Crippen LogP) is 11.2. The molecule has 0 saturated carbocycles. The number of aliphatic hydroxyl groups is 1. The molecule has 0 aliphatic rings. The van der Waals surface area contributed by atoms with Gasteiger partial charge in [0.25, 0.3) is 11.4 Å². The van der Waals surface area contributed by atoms with Crippen LogP contribution in [0.1, 0.15) is 48.4 Å². The third-order valence-electron chi connectivity index (χ3n) is 6.14. The number of rotatable bonds is 13. The molecule has 15 heteroatoms. The SMILES string of the molecule is CCN(CC)S(F)(F)F.FC(COCc1ccccc1)c1ccc(Br)nc1Cl.OC(COCc1ccccc1)c1ccc(Br)nc1Cl. The zero-order chi connectivity index (χ0) is 34.8. The van der Waals surface area contributed by atoms with Gasteiger partial charge in [-0.05, 0) is 55.1 Å². The molecule has 0 spiro atoms. The Balaban J connectivity index is 0.000000262. The van der Waals surface area contributed by atoms with Crippen LogP contribution in [0.3, 0.4) is 0 Å². The molecule has 6 nitrogen and oxygen atoms in total. The normalized spacial score (nSPS) is 12.8. The number of benzene rings is 2.